The Morgan fingerprint density at radius 3 is 3.06 bits per heavy atom. The molecule has 1 atom stereocenters. The predicted octanol–water partition coefficient (Wildman–Crippen LogP) is 3.15. The summed E-state index contributed by atoms with van der Waals surface area (Å²) < 4.78 is 0. The number of para-hydroxylation sites is 1. The molecule has 2 nitrogen and oxygen atoms in total. The van der Waals surface area contributed by atoms with Gasteiger partial charge in [-0.15, -0.1) is 0 Å². The molecule has 2 heterocycles. The summed E-state index contributed by atoms with van der Waals surface area (Å²) in [6.07, 6.45) is 3.15. The molecule has 1 fully saturated rings. The number of thioether (sulfide) groups is 1. The van der Waals surface area contributed by atoms with Crippen molar-refractivity contribution in [1.29, 1.82) is 0 Å². The number of fused-ring (bicyclic) bond motifs is 1. The van der Waals surface area contributed by atoms with Gasteiger partial charge in [0.15, 0.2) is 0 Å². The summed E-state index contributed by atoms with van der Waals surface area (Å²) in [4.78, 5) is 4.37. The first-order valence-electron chi connectivity index (χ1n) is 5.61. The van der Waals surface area contributed by atoms with Gasteiger partial charge >= 0.3 is 0 Å². The lowest BCUT2D eigenvalue weighted by Gasteiger charge is -2.14. The van der Waals surface area contributed by atoms with Crippen molar-refractivity contribution in [2.24, 2.45) is 0 Å². The lowest BCUT2D eigenvalue weighted by molar-refractivity contribution is 0.814. The van der Waals surface area contributed by atoms with Crippen LogP contribution in [0.4, 0.5) is 5.69 Å². The van der Waals surface area contributed by atoms with Crippen LogP contribution in [0.2, 0.25) is 0 Å². The van der Waals surface area contributed by atoms with Gasteiger partial charge in [-0.25, -0.2) is 0 Å². The third-order valence-corrected chi connectivity index (χ3v) is 4.10. The molecule has 3 rings (SSSR count). The van der Waals surface area contributed by atoms with Gasteiger partial charge in [0.05, 0.1) is 5.52 Å². The highest BCUT2D eigenvalue weighted by Gasteiger charge is 2.15. The van der Waals surface area contributed by atoms with Crippen molar-refractivity contribution in [3.63, 3.8) is 0 Å². The molecule has 1 N–H and O–H groups in total. The van der Waals surface area contributed by atoms with Crippen molar-refractivity contribution >= 4 is 28.4 Å². The lowest BCUT2D eigenvalue weighted by atomic mass is 10.1. The van der Waals surface area contributed by atoms with Crippen molar-refractivity contribution in [2.75, 3.05) is 16.8 Å². The fourth-order valence-corrected chi connectivity index (χ4v) is 3.24. The number of rotatable bonds is 2. The van der Waals surface area contributed by atoms with E-state index in [1.165, 1.54) is 29.0 Å². The van der Waals surface area contributed by atoms with E-state index in [1.807, 2.05) is 24.0 Å². The molecule has 0 bridgehead atoms. The van der Waals surface area contributed by atoms with Crippen molar-refractivity contribution < 1.29 is 0 Å². The molecule has 82 valence electrons. The van der Waals surface area contributed by atoms with E-state index in [0.717, 1.165) is 5.52 Å². The minimum atomic E-state index is 0.621. The number of benzene rings is 1. The Labute approximate surface area is 99.5 Å². The molecule has 0 amide bonds. The molecule has 0 spiro atoms. The first-order chi connectivity index (χ1) is 7.93. The SMILES string of the molecule is c1ccc2c(NC3CCSC3)ccnc2c1. The molecular formula is C13H14N2S. The monoisotopic (exact) mass is 230 g/mol. The summed E-state index contributed by atoms with van der Waals surface area (Å²) in [6.45, 7) is 0. The molecule has 1 aromatic carbocycles. The van der Waals surface area contributed by atoms with Gasteiger partial charge in [0, 0.05) is 29.1 Å². The fraction of sp³-hybridized carbons (Fsp3) is 0.308. The van der Waals surface area contributed by atoms with Crippen LogP contribution >= 0.6 is 11.8 Å². The maximum Gasteiger partial charge on any atom is 0.0722 e. The standard InChI is InChI=1S/C13H14N2S/c1-2-4-12-11(3-1)13(5-7-14-12)15-10-6-8-16-9-10/h1-5,7,10H,6,8-9H2,(H,14,15). The fourth-order valence-electron chi connectivity index (χ4n) is 2.09. The molecule has 16 heavy (non-hydrogen) atoms. The smallest absolute Gasteiger partial charge is 0.0722 e. The van der Waals surface area contributed by atoms with Gasteiger partial charge in [-0.2, -0.15) is 11.8 Å². The zero-order chi connectivity index (χ0) is 10.8. The molecule has 1 saturated heterocycles. The van der Waals surface area contributed by atoms with Crippen LogP contribution in [0.3, 0.4) is 0 Å². The third kappa shape index (κ3) is 1.87. The Morgan fingerprint density at radius 1 is 1.25 bits per heavy atom. The molecule has 0 radical (unpaired) electrons. The summed E-state index contributed by atoms with van der Waals surface area (Å²) in [7, 11) is 0. The van der Waals surface area contributed by atoms with E-state index >= 15 is 0 Å². The van der Waals surface area contributed by atoms with Crippen LogP contribution in [0.1, 0.15) is 6.42 Å². The molecule has 1 unspecified atom stereocenters. The highest BCUT2D eigenvalue weighted by molar-refractivity contribution is 7.99. The number of nitrogens with one attached hydrogen (secondary N) is 1. The van der Waals surface area contributed by atoms with E-state index in [9.17, 15) is 0 Å². The summed E-state index contributed by atoms with van der Waals surface area (Å²) in [5, 5.41) is 4.85. The van der Waals surface area contributed by atoms with Gasteiger partial charge < -0.3 is 5.32 Å². The van der Waals surface area contributed by atoms with Gasteiger partial charge in [0.1, 0.15) is 0 Å². The maximum atomic E-state index is 4.37. The molecule has 1 aliphatic heterocycles. The Bertz CT molecular complexity index is 487. The first kappa shape index (κ1) is 9.97. The van der Waals surface area contributed by atoms with Gasteiger partial charge in [-0.05, 0) is 24.3 Å². The van der Waals surface area contributed by atoms with E-state index in [2.05, 4.69) is 34.6 Å². The van der Waals surface area contributed by atoms with Crippen LogP contribution in [-0.4, -0.2) is 22.5 Å². The average molecular weight is 230 g/mol. The Morgan fingerprint density at radius 2 is 2.19 bits per heavy atom. The normalized spacial score (nSPS) is 20.1. The molecule has 1 aromatic heterocycles. The molecule has 0 aliphatic carbocycles. The molecule has 2 aromatic rings. The zero-order valence-corrected chi connectivity index (χ0v) is 9.83. The van der Waals surface area contributed by atoms with E-state index in [4.69, 9.17) is 0 Å². The molecule has 1 aliphatic rings. The maximum absolute atomic E-state index is 4.37. The number of hydrogen-bond acceptors (Lipinski definition) is 3. The number of pyridine rings is 1. The Kier molecular flexibility index (Phi) is 2.70. The van der Waals surface area contributed by atoms with Gasteiger partial charge in [-0.1, -0.05) is 18.2 Å². The van der Waals surface area contributed by atoms with Crippen molar-refractivity contribution in [1.82, 2.24) is 4.98 Å². The van der Waals surface area contributed by atoms with E-state index in [-0.39, 0.29) is 0 Å². The van der Waals surface area contributed by atoms with Crippen molar-refractivity contribution in [3.05, 3.63) is 36.5 Å². The Hall–Kier alpha value is -1.22. The van der Waals surface area contributed by atoms with Gasteiger partial charge in [-0.3, -0.25) is 4.98 Å². The third-order valence-electron chi connectivity index (χ3n) is 2.94. The predicted molar refractivity (Wildman–Crippen MR) is 71.1 cm³/mol. The van der Waals surface area contributed by atoms with E-state index < -0.39 is 0 Å². The second kappa shape index (κ2) is 4.34. The largest absolute Gasteiger partial charge is 0.381 e. The van der Waals surface area contributed by atoms with E-state index in [1.54, 1.807) is 0 Å². The number of aromatic nitrogens is 1. The van der Waals surface area contributed by atoms with E-state index in [0.29, 0.717) is 6.04 Å². The lowest BCUT2D eigenvalue weighted by Crippen LogP contribution is -2.18. The second-order valence-electron chi connectivity index (χ2n) is 4.08. The Balaban J connectivity index is 1.96. The van der Waals surface area contributed by atoms with Crippen molar-refractivity contribution in [2.45, 2.75) is 12.5 Å². The van der Waals surface area contributed by atoms with Crippen LogP contribution in [0.25, 0.3) is 10.9 Å². The number of hydrogen-bond donors (Lipinski definition) is 1. The van der Waals surface area contributed by atoms with Crippen LogP contribution in [0.15, 0.2) is 36.5 Å². The highest BCUT2D eigenvalue weighted by atomic mass is 32.2. The average Bonchev–Trinajstić information content (AvgIpc) is 2.82. The quantitative estimate of drug-likeness (QED) is 0.858. The van der Waals surface area contributed by atoms with Crippen molar-refractivity contribution in [3.8, 4) is 0 Å². The van der Waals surface area contributed by atoms with Crippen LogP contribution in [0, 0.1) is 0 Å². The highest BCUT2D eigenvalue weighted by Crippen LogP contribution is 2.25. The van der Waals surface area contributed by atoms with Gasteiger partial charge in [0.2, 0.25) is 0 Å². The first-order valence-corrected chi connectivity index (χ1v) is 6.77. The van der Waals surface area contributed by atoms with Crippen LogP contribution in [-0.2, 0) is 0 Å². The number of anilines is 1. The van der Waals surface area contributed by atoms with Gasteiger partial charge in [0.25, 0.3) is 0 Å². The van der Waals surface area contributed by atoms with Crippen LogP contribution in [0.5, 0.6) is 0 Å². The summed E-state index contributed by atoms with van der Waals surface area (Å²) in [5.74, 6) is 2.50. The second-order valence-corrected chi connectivity index (χ2v) is 5.23. The van der Waals surface area contributed by atoms with Crippen LogP contribution < -0.4 is 5.32 Å². The summed E-state index contributed by atoms with van der Waals surface area (Å²) in [6, 6.07) is 11.0. The molecular weight excluding hydrogens is 216 g/mol. The minimum absolute atomic E-state index is 0.621. The number of nitrogens with zero attached hydrogens (tertiary/aromatic N) is 1. The zero-order valence-electron chi connectivity index (χ0n) is 9.02. The topological polar surface area (TPSA) is 24.9 Å². The summed E-state index contributed by atoms with van der Waals surface area (Å²) >= 11 is 2.03. The minimum Gasteiger partial charge on any atom is -0.381 e. The molecule has 3 heteroatoms. The molecule has 0 saturated carbocycles. The summed E-state index contributed by atoms with van der Waals surface area (Å²) in [5.41, 5.74) is 2.29.